The van der Waals surface area contributed by atoms with Crippen molar-refractivity contribution in [3.05, 3.63) is 71.9 Å². The van der Waals surface area contributed by atoms with Gasteiger partial charge in [0.2, 0.25) is 0 Å². The zero-order chi connectivity index (χ0) is 17.4. The summed E-state index contributed by atoms with van der Waals surface area (Å²) < 4.78 is 15.2. The molecule has 6 heteroatoms. The van der Waals surface area contributed by atoms with Gasteiger partial charge in [0.15, 0.2) is 5.65 Å². The van der Waals surface area contributed by atoms with E-state index in [0.29, 0.717) is 17.2 Å². The van der Waals surface area contributed by atoms with Crippen LogP contribution in [0.15, 0.2) is 54.9 Å². The number of hydrogen-bond donors (Lipinski definition) is 1. The van der Waals surface area contributed by atoms with E-state index in [1.54, 1.807) is 16.8 Å². The van der Waals surface area contributed by atoms with Crippen LogP contribution in [-0.2, 0) is 0 Å². The molecule has 4 rings (SSSR count). The summed E-state index contributed by atoms with van der Waals surface area (Å²) >= 11 is 0. The van der Waals surface area contributed by atoms with Crippen molar-refractivity contribution in [2.75, 3.05) is 5.32 Å². The van der Waals surface area contributed by atoms with Crippen LogP contribution < -0.4 is 5.32 Å². The fourth-order valence-corrected chi connectivity index (χ4v) is 2.86. The fourth-order valence-electron chi connectivity index (χ4n) is 2.86. The standard InChI is InChI=1S/C19H16FN5/c1-12-5-3-7-15(9-12)23-18-17-13(2)24-25(19(17)22-11-21-18)16-8-4-6-14(20)10-16/h3-11H,1-2H3,(H,21,22,23). The first-order valence-electron chi connectivity index (χ1n) is 7.92. The third-order valence-corrected chi connectivity index (χ3v) is 3.97. The van der Waals surface area contributed by atoms with E-state index < -0.39 is 0 Å². The minimum atomic E-state index is -0.314. The van der Waals surface area contributed by atoms with Gasteiger partial charge in [-0.3, -0.25) is 0 Å². The van der Waals surface area contributed by atoms with Gasteiger partial charge >= 0.3 is 0 Å². The van der Waals surface area contributed by atoms with Crippen molar-refractivity contribution in [1.29, 1.82) is 0 Å². The minimum Gasteiger partial charge on any atom is -0.340 e. The number of rotatable bonds is 3. The monoisotopic (exact) mass is 333 g/mol. The van der Waals surface area contributed by atoms with Gasteiger partial charge in [-0.2, -0.15) is 5.10 Å². The van der Waals surface area contributed by atoms with Crippen LogP contribution in [0.1, 0.15) is 11.3 Å². The van der Waals surface area contributed by atoms with Crippen LogP contribution >= 0.6 is 0 Å². The molecule has 4 aromatic rings. The fraction of sp³-hybridized carbons (Fsp3) is 0.105. The Balaban J connectivity index is 1.85. The Bertz CT molecular complexity index is 1070. The number of aryl methyl sites for hydroxylation is 2. The van der Waals surface area contributed by atoms with E-state index in [1.165, 1.54) is 18.5 Å². The van der Waals surface area contributed by atoms with Gasteiger partial charge in [-0.05, 0) is 49.7 Å². The zero-order valence-electron chi connectivity index (χ0n) is 13.9. The Labute approximate surface area is 144 Å². The number of benzene rings is 2. The van der Waals surface area contributed by atoms with E-state index in [2.05, 4.69) is 20.4 Å². The van der Waals surface area contributed by atoms with Crippen molar-refractivity contribution in [2.45, 2.75) is 13.8 Å². The zero-order valence-corrected chi connectivity index (χ0v) is 13.9. The largest absolute Gasteiger partial charge is 0.340 e. The highest BCUT2D eigenvalue weighted by atomic mass is 19.1. The number of halogens is 1. The average Bonchev–Trinajstić information content (AvgIpc) is 2.93. The van der Waals surface area contributed by atoms with Gasteiger partial charge in [0.05, 0.1) is 16.8 Å². The van der Waals surface area contributed by atoms with E-state index in [0.717, 1.165) is 22.3 Å². The van der Waals surface area contributed by atoms with Crippen molar-refractivity contribution in [1.82, 2.24) is 19.7 Å². The van der Waals surface area contributed by atoms with Gasteiger partial charge in [-0.15, -0.1) is 0 Å². The molecule has 1 N–H and O–H groups in total. The first-order chi connectivity index (χ1) is 12.1. The molecule has 2 aromatic heterocycles. The van der Waals surface area contributed by atoms with Crippen molar-refractivity contribution in [3.8, 4) is 5.69 Å². The van der Waals surface area contributed by atoms with Crippen LogP contribution in [0.2, 0.25) is 0 Å². The molecule has 0 saturated carbocycles. The molecule has 0 spiro atoms. The van der Waals surface area contributed by atoms with E-state index in [4.69, 9.17) is 0 Å². The summed E-state index contributed by atoms with van der Waals surface area (Å²) in [6, 6.07) is 14.3. The lowest BCUT2D eigenvalue weighted by atomic mass is 10.2. The molecule has 2 heterocycles. The Morgan fingerprint density at radius 1 is 1.00 bits per heavy atom. The highest BCUT2D eigenvalue weighted by molar-refractivity contribution is 5.91. The molecule has 124 valence electrons. The molecule has 5 nitrogen and oxygen atoms in total. The van der Waals surface area contributed by atoms with Gasteiger partial charge in [0.1, 0.15) is 18.0 Å². The second-order valence-electron chi connectivity index (χ2n) is 5.89. The van der Waals surface area contributed by atoms with E-state index >= 15 is 0 Å². The smallest absolute Gasteiger partial charge is 0.168 e. The van der Waals surface area contributed by atoms with Crippen molar-refractivity contribution in [3.63, 3.8) is 0 Å². The molecule has 2 aromatic carbocycles. The molecule has 25 heavy (non-hydrogen) atoms. The minimum absolute atomic E-state index is 0.314. The van der Waals surface area contributed by atoms with Crippen molar-refractivity contribution >= 4 is 22.5 Å². The third-order valence-electron chi connectivity index (χ3n) is 3.97. The lowest BCUT2D eigenvalue weighted by Gasteiger charge is -2.08. The van der Waals surface area contributed by atoms with Gasteiger partial charge in [0.25, 0.3) is 0 Å². The van der Waals surface area contributed by atoms with Gasteiger partial charge in [0, 0.05) is 5.69 Å². The predicted molar refractivity (Wildman–Crippen MR) is 95.8 cm³/mol. The maximum absolute atomic E-state index is 13.6. The van der Waals surface area contributed by atoms with Crippen molar-refractivity contribution in [2.24, 2.45) is 0 Å². The van der Waals surface area contributed by atoms with Crippen LogP contribution in [0.4, 0.5) is 15.9 Å². The van der Waals surface area contributed by atoms with Gasteiger partial charge in [-0.1, -0.05) is 18.2 Å². The number of fused-ring (bicyclic) bond motifs is 1. The summed E-state index contributed by atoms with van der Waals surface area (Å²) in [6.07, 6.45) is 1.48. The summed E-state index contributed by atoms with van der Waals surface area (Å²) in [5.74, 6) is 0.363. The van der Waals surface area contributed by atoms with Gasteiger partial charge < -0.3 is 5.32 Å². The van der Waals surface area contributed by atoms with Crippen LogP contribution in [0.3, 0.4) is 0 Å². The number of nitrogens with one attached hydrogen (secondary N) is 1. The second kappa shape index (κ2) is 5.98. The lowest BCUT2D eigenvalue weighted by molar-refractivity contribution is 0.625. The Morgan fingerprint density at radius 3 is 2.64 bits per heavy atom. The molecule has 0 amide bonds. The van der Waals surface area contributed by atoms with Crippen LogP contribution in [-0.4, -0.2) is 19.7 Å². The maximum Gasteiger partial charge on any atom is 0.168 e. The molecule has 0 bridgehead atoms. The quantitative estimate of drug-likeness (QED) is 0.607. The van der Waals surface area contributed by atoms with Crippen LogP contribution in [0, 0.1) is 19.7 Å². The SMILES string of the molecule is Cc1cccc(Nc2ncnc3c2c(C)nn3-c2cccc(F)c2)c1. The number of nitrogens with zero attached hydrogens (tertiary/aromatic N) is 4. The van der Waals surface area contributed by atoms with Crippen LogP contribution in [0.25, 0.3) is 16.7 Å². The molecular formula is C19H16FN5. The van der Waals surface area contributed by atoms with E-state index in [9.17, 15) is 4.39 Å². The lowest BCUT2D eigenvalue weighted by Crippen LogP contribution is -2.00. The topological polar surface area (TPSA) is 55.6 Å². The number of hydrogen-bond acceptors (Lipinski definition) is 4. The second-order valence-corrected chi connectivity index (χ2v) is 5.89. The maximum atomic E-state index is 13.6. The highest BCUT2D eigenvalue weighted by Crippen LogP contribution is 2.27. The summed E-state index contributed by atoms with van der Waals surface area (Å²) in [5, 5.41) is 8.67. The van der Waals surface area contributed by atoms with Crippen molar-refractivity contribution < 1.29 is 4.39 Å². The highest BCUT2D eigenvalue weighted by Gasteiger charge is 2.15. The Hall–Kier alpha value is -3.28. The number of anilines is 2. The molecule has 0 atom stereocenters. The molecule has 0 aliphatic rings. The van der Waals surface area contributed by atoms with E-state index in [-0.39, 0.29) is 5.82 Å². The molecule has 0 saturated heterocycles. The molecular weight excluding hydrogens is 317 g/mol. The molecule has 0 fully saturated rings. The number of aromatic nitrogens is 4. The predicted octanol–water partition coefficient (Wildman–Crippen LogP) is 4.32. The summed E-state index contributed by atoms with van der Waals surface area (Å²) in [5.41, 5.74) is 4.13. The molecule has 0 unspecified atom stereocenters. The first-order valence-corrected chi connectivity index (χ1v) is 7.92. The summed E-state index contributed by atoms with van der Waals surface area (Å²) in [4.78, 5) is 8.72. The molecule has 0 radical (unpaired) electrons. The van der Waals surface area contributed by atoms with Crippen LogP contribution in [0.5, 0.6) is 0 Å². The Kier molecular flexibility index (Phi) is 3.65. The first kappa shape index (κ1) is 15.3. The summed E-state index contributed by atoms with van der Waals surface area (Å²) in [6.45, 7) is 3.93. The molecule has 0 aliphatic heterocycles. The third kappa shape index (κ3) is 2.82. The summed E-state index contributed by atoms with van der Waals surface area (Å²) in [7, 11) is 0. The van der Waals surface area contributed by atoms with Gasteiger partial charge in [-0.25, -0.2) is 19.0 Å². The normalized spacial score (nSPS) is 11.0. The van der Waals surface area contributed by atoms with E-state index in [1.807, 2.05) is 38.1 Å². The molecule has 0 aliphatic carbocycles. The Morgan fingerprint density at radius 2 is 1.84 bits per heavy atom. The average molecular weight is 333 g/mol.